The smallest absolute Gasteiger partial charge is 0.259 e. The lowest BCUT2D eigenvalue weighted by Gasteiger charge is -2.00. The van der Waals surface area contributed by atoms with Crippen molar-refractivity contribution in [1.82, 2.24) is 5.16 Å². The predicted molar refractivity (Wildman–Crippen MR) is 55.8 cm³/mol. The van der Waals surface area contributed by atoms with Gasteiger partial charge in [0, 0.05) is 11.4 Å². The first-order valence-electron chi connectivity index (χ1n) is 4.02. The molecule has 4 heteroatoms. The Morgan fingerprint density at radius 2 is 2.00 bits per heavy atom. The van der Waals surface area contributed by atoms with Gasteiger partial charge in [0.05, 0.1) is 0 Å². The molecule has 0 fully saturated rings. The van der Waals surface area contributed by atoms with Gasteiger partial charge in [0.15, 0.2) is 0 Å². The molecule has 1 heterocycles. The summed E-state index contributed by atoms with van der Waals surface area (Å²) in [7, 11) is 0. The minimum atomic E-state index is 0.445. The van der Waals surface area contributed by atoms with Gasteiger partial charge in [0.25, 0.3) is 5.88 Å². The SMILES string of the molecule is S=Cc1ccc(Oc2ccon2)cc1. The normalized spacial score (nSPS) is 9.71. The number of ether oxygens (including phenoxy) is 1. The number of aromatic nitrogens is 1. The Labute approximate surface area is 86.3 Å². The summed E-state index contributed by atoms with van der Waals surface area (Å²) in [4.78, 5) is 0. The average molecular weight is 205 g/mol. The summed E-state index contributed by atoms with van der Waals surface area (Å²) < 4.78 is 10.00. The molecule has 0 radical (unpaired) electrons. The fraction of sp³-hybridized carbons (Fsp3) is 0. The third-order valence-electron chi connectivity index (χ3n) is 1.65. The van der Waals surface area contributed by atoms with Crippen LogP contribution in [0.3, 0.4) is 0 Å². The molecule has 2 aromatic rings. The number of hydrogen-bond acceptors (Lipinski definition) is 4. The highest BCUT2D eigenvalue weighted by atomic mass is 32.1. The molecule has 0 aliphatic rings. The van der Waals surface area contributed by atoms with E-state index < -0.39 is 0 Å². The first-order chi connectivity index (χ1) is 6.88. The first kappa shape index (κ1) is 8.90. The van der Waals surface area contributed by atoms with Crippen molar-refractivity contribution in [2.75, 3.05) is 0 Å². The van der Waals surface area contributed by atoms with E-state index in [1.165, 1.54) is 6.26 Å². The number of nitrogens with zero attached hydrogens (tertiary/aromatic N) is 1. The van der Waals surface area contributed by atoms with Crippen LogP contribution in [0.25, 0.3) is 0 Å². The molecule has 70 valence electrons. The van der Waals surface area contributed by atoms with Crippen molar-refractivity contribution < 1.29 is 9.26 Å². The molecule has 0 N–H and O–H groups in total. The van der Waals surface area contributed by atoms with Crippen molar-refractivity contribution in [1.29, 1.82) is 0 Å². The molecule has 0 spiro atoms. The number of benzene rings is 1. The second kappa shape index (κ2) is 4.02. The molecule has 0 amide bonds. The summed E-state index contributed by atoms with van der Waals surface area (Å²) in [5.41, 5.74) is 0.979. The molecule has 0 bridgehead atoms. The van der Waals surface area contributed by atoms with Gasteiger partial charge < -0.3 is 9.26 Å². The molecule has 14 heavy (non-hydrogen) atoms. The summed E-state index contributed by atoms with van der Waals surface area (Å²) >= 11 is 4.78. The van der Waals surface area contributed by atoms with Crippen LogP contribution in [-0.4, -0.2) is 10.5 Å². The zero-order valence-corrected chi connectivity index (χ0v) is 8.03. The molecule has 1 aromatic heterocycles. The molecule has 0 saturated carbocycles. The summed E-state index contributed by atoms with van der Waals surface area (Å²) in [6.45, 7) is 0. The lowest BCUT2D eigenvalue weighted by atomic mass is 10.2. The van der Waals surface area contributed by atoms with Crippen LogP contribution in [0.5, 0.6) is 11.6 Å². The van der Waals surface area contributed by atoms with Gasteiger partial charge in [-0.15, -0.1) is 0 Å². The van der Waals surface area contributed by atoms with E-state index in [2.05, 4.69) is 9.68 Å². The van der Waals surface area contributed by atoms with Gasteiger partial charge in [-0.25, -0.2) is 0 Å². The lowest BCUT2D eigenvalue weighted by molar-refractivity contribution is 0.367. The van der Waals surface area contributed by atoms with Crippen LogP contribution in [-0.2, 0) is 0 Å². The van der Waals surface area contributed by atoms with Crippen molar-refractivity contribution in [3.05, 3.63) is 42.2 Å². The molecule has 0 aliphatic carbocycles. The Hall–Kier alpha value is -1.68. The molecule has 1 aromatic carbocycles. The van der Waals surface area contributed by atoms with Gasteiger partial charge in [0.1, 0.15) is 12.0 Å². The third kappa shape index (κ3) is 1.97. The zero-order chi connectivity index (χ0) is 9.80. The van der Waals surface area contributed by atoms with Crippen LogP contribution in [0.2, 0.25) is 0 Å². The molecule has 0 aliphatic heterocycles. The van der Waals surface area contributed by atoms with Gasteiger partial charge in [-0.1, -0.05) is 24.4 Å². The van der Waals surface area contributed by atoms with E-state index in [0.717, 1.165) is 5.56 Å². The van der Waals surface area contributed by atoms with Gasteiger partial charge in [-0.3, -0.25) is 0 Å². The topological polar surface area (TPSA) is 35.3 Å². The van der Waals surface area contributed by atoms with E-state index in [1.54, 1.807) is 11.4 Å². The second-order valence-corrected chi connectivity index (χ2v) is 2.86. The minimum Gasteiger partial charge on any atom is -0.436 e. The van der Waals surface area contributed by atoms with Crippen molar-refractivity contribution >= 4 is 17.6 Å². The Bertz CT molecular complexity index is 408. The van der Waals surface area contributed by atoms with Crippen molar-refractivity contribution in [2.24, 2.45) is 0 Å². The fourth-order valence-corrected chi connectivity index (χ4v) is 1.15. The maximum atomic E-state index is 5.37. The van der Waals surface area contributed by atoms with Crippen LogP contribution in [0.4, 0.5) is 0 Å². The first-order valence-corrected chi connectivity index (χ1v) is 4.49. The molecule has 0 unspecified atom stereocenters. The standard InChI is InChI=1S/C10H7NO2S/c14-7-8-1-3-9(4-2-8)13-10-5-6-12-11-10/h1-7H. The summed E-state index contributed by atoms with van der Waals surface area (Å²) in [5.74, 6) is 1.15. The Balaban J connectivity index is 2.14. The van der Waals surface area contributed by atoms with E-state index in [-0.39, 0.29) is 0 Å². The van der Waals surface area contributed by atoms with Crippen LogP contribution in [0.1, 0.15) is 5.56 Å². The van der Waals surface area contributed by atoms with E-state index in [9.17, 15) is 0 Å². The third-order valence-corrected chi connectivity index (χ3v) is 1.92. The zero-order valence-electron chi connectivity index (χ0n) is 7.21. The molecule has 3 nitrogen and oxygen atoms in total. The van der Waals surface area contributed by atoms with Crippen LogP contribution in [0, 0.1) is 0 Å². The molecular weight excluding hydrogens is 198 g/mol. The Kier molecular flexibility index (Phi) is 2.55. The van der Waals surface area contributed by atoms with Crippen LogP contribution < -0.4 is 4.74 Å². The van der Waals surface area contributed by atoms with Crippen LogP contribution in [0.15, 0.2) is 41.1 Å². The summed E-state index contributed by atoms with van der Waals surface area (Å²) in [5, 5.41) is 5.24. The van der Waals surface area contributed by atoms with Crippen molar-refractivity contribution in [3.8, 4) is 11.6 Å². The highest BCUT2D eigenvalue weighted by molar-refractivity contribution is 7.79. The van der Waals surface area contributed by atoms with Crippen LogP contribution >= 0.6 is 12.2 Å². The van der Waals surface area contributed by atoms with Gasteiger partial charge in [0.2, 0.25) is 0 Å². The quantitative estimate of drug-likeness (QED) is 0.722. The van der Waals surface area contributed by atoms with Gasteiger partial charge >= 0.3 is 0 Å². The second-order valence-electron chi connectivity index (χ2n) is 2.63. The average Bonchev–Trinajstić information content (AvgIpc) is 2.72. The maximum Gasteiger partial charge on any atom is 0.259 e. The lowest BCUT2D eigenvalue weighted by Crippen LogP contribution is -1.84. The number of thiocarbonyl (C=S) groups is 1. The Morgan fingerprint density at radius 1 is 1.21 bits per heavy atom. The van der Waals surface area contributed by atoms with Gasteiger partial charge in [-0.2, -0.15) is 0 Å². The van der Waals surface area contributed by atoms with E-state index >= 15 is 0 Å². The summed E-state index contributed by atoms with van der Waals surface area (Å²) in [6, 6.07) is 9.05. The van der Waals surface area contributed by atoms with E-state index in [0.29, 0.717) is 11.6 Å². The Morgan fingerprint density at radius 3 is 2.57 bits per heavy atom. The molecule has 0 atom stereocenters. The largest absolute Gasteiger partial charge is 0.436 e. The fourth-order valence-electron chi connectivity index (χ4n) is 0.989. The number of hydrogen-bond donors (Lipinski definition) is 0. The summed E-state index contributed by atoms with van der Waals surface area (Å²) in [6.07, 6.45) is 1.46. The number of rotatable bonds is 3. The predicted octanol–water partition coefficient (Wildman–Crippen LogP) is 2.81. The maximum absolute atomic E-state index is 5.37. The minimum absolute atomic E-state index is 0.445. The molecule has 2 rings (SSSR count). The highest BCUT2D eigenvalue weighted by Crippen LogP contribution is 2.18. The molecular formula is C10H7NO2S. The monoisotopic (exact) mass is 205 g/mol. The van der Waals surface area contributed by atoms with Gasteiger partial charge in [-0.05, 0) is 22.9 Å². The van der Waals surface area contributed by atoms with E-state index in [1.807, 2.05) is 24.3 Å². The van der Waals surface area contributed by atoms with E-state index in [4.69, 9.17) is 17.0 Å². The van der Waals surface area contributed by atoms with Crippen molar-refractivity contribution in [2.45, 2.75) is 0 Å². The van der Waals surface area contributed by atoms with Crippen molar-refractivity contribution in [3.63, 3.8) is 0 Å². The highest BCUT2D eigenvalue weighted by Gasteiger charge is 1.98. The molecule has 0 saturated heterocycles.